The average Bonchev–Trinajstić information content (AvgIpc) is 2.64. The Labute approximate surface area is 130 Å². The minimum Gasteiger partial charge on any atom is -0.330 e. The molecule has 2 rings (SSSR count). The number of nitrogens with zero attached hydrogens (tertiary/aromatic N) is 1. The Kier molecular flexibility index (Phi) is 5.45. The van der Waals surface area contributed by atoms with Crippen molar-refractivity contribution in [3.05, 3.63) is 34.4 Å². The summed E-state index contributed by atoms with van der Waals surface area (Å²) in [5, 5.41) is 0. The largest absolute Gasteiger partial charge is 0.330 e. The first-order valence-electron chi connectivity index (χ1n) is 8.49. The number of hydrogen-bond donors (Lipinski definition) is 1. The first-order chi connectivity index (χ1) is 9.95. The molecule has 0 saturated carbocycles. The van der Waals surface area contributed by atoms with Gasteiger partial charge in [-0.05, 0) is 88.7 Å². The molecule has 1 aromatic rings. The van der Waals surface area contributed by atoms with Crippen LogP contribution in [0.5, 0.6) is 0 Å². The molecular weight excluding hydrogens is 256 g/mol. The number of likely N-dealkylation sites (tertiary alicyclic amines) is 1. The van der Waals surface area contributed by atoms with Crippen LogP contribution in [0.1, 0.15) is 61.4 Å². The highest BCUT2D eigenvalue weighted by molar-refractivity contribution is 5.38. The van der Waals surface area contributed by atoms with Crippen LogP contribution in [-0.4, -0.2) is 24.0 Å². The van der Waals surface area contributed by atoms with E-state index in [1.807, 2.05) is 0 Å². The van der Waals surface area contributed by atoms with Gasteiger partial charge in [-0.3, -0.25) is 4.90 Å². The molecule has 2 N–H and O–H groups in total. The van der Waals surface area contributed by atoms with Crippen LogP contribution in [0.15, 0.2) is 12.1 Å². The first-order valence-corrected chi connectivity index (χ1v) is 8.49. The van der Waals surface area contributed by atoms with E-state index in [1.165, 1.54) is 48.1 Å². The topological polar surface area (TPSA) is 29.3 Å². The Morgan fingerprint density at radius 2 is 1.76 bits per heavy atom. The van der Waals surface area contributed by atoms with Gasteiger partial charge in [-0.15, -0.1) is 0 Å². The van der Waals surface area contributed by atoms with E-state index in [4.69, 9.17) is 5.73 Å². The molecule has 1 aliphatic heterocycles. The van der Waals surface area contributed by atoms with Crippen LogP contribution in [0, 0.1) is 26.7 Å². The predicted molar refractivity (Wildman–Crippen MR) is 91.6 cm³/mol. The van der Waals surface area contributed by atoms with Crippen molar-refractivity contribution < 1.29 is 0 Å². The van der Waals surface area contributed by atoms with Crippen molar-refractivity contribution in [1.82, 2.24) is 4.90 Å². The molecule has 2 unspecified atom stereocenters. The van der Waals surface area contributed by atoms with E-state index in [1.54, 1.807) is 0 Å². The van der Waals surface area contributed by atoms with Crippen molar-refractivity contribution in [3.63, 3.8) is 0 Å². The molecule has 1 fully saturated rings. The third-order valence-electron chi connectivity index (χ3n) is 5.21. The van der Waals surface area contributed by atoms with Crippen molar-refractivity contribution in [3.8, 4) is 0 Å². The van der Waals surface area contributed by atoms with Crippen molar-refractivity contribution in [1.29, 1.82) is 0 Å². The zero-order valence-corrected chi connectivity index (χ0v) is 14.4. The zero-order chi connectivity index (χ0) is 15.6. The van der Waals surface area contributed by atoms with Crippen molar-refractivity contribution in [2.24, 2.45) is 11.7 Å². The van der Waals surface area contributed by atoms with E-state index in [9.17, 15) is 0 Å². The molecular formula is C19H32N2. The molecule has 2 heteroatoms. The molecule has 0 radical (unpaired) electrons. The molecule has 2 atom stereocenters. The Bertz CT molecular complexity index is 479. The molecule has 118 valence electrons. The zero-order valence-electron chi connectivity index (χ0n) is 14.4. The summed E-state index contributed by atoms with van der Waals surface area (Å²) in [6.45, 7) is 13.3. The fourth-order valence-electron chi connectivity index (χ4n) is 3.83. The van der Waals surface area contributed by atoms with Gasteiger partial charge in [0.25, 0.3) is 0 Å². The van der Waals surface area contributed by atoms with E-state index in [0.717, 1.165) is 6.54 Å². The summed E-state index contributed by atoms with van der Waals surface area (Å²) in [6, 6.07) is 5.82. The second-order valence-corrected chi connectivity index (χ2v) is 7.06. The highest BCUT2D eigenvalue weighted by Gasteiger charge is 2.32. The second kappa shape index (κ2) is 6.93. The Hall–Kier alpha value is -0.860. The summed E-state index contributed by atoms with van der Waals surface area (Å²) in [5.41, 5.74) is 11.9. The maximum absolute atomic E-state index is 6.15. The summed E-state index contributed by atoms with van der Waals surface area (Å²) < 4.78 is 0. The molecule has 0 aliphatic carbocycles. The number of aryl methyl sites for hydroxylation is 3. The molecule has 1 aliphatic rings. The van der Waals surface area contributed by atoms with Gasteiger partial charge in [-0.25, -0.2) is 0 Å². The monoisotopic (exact) mass is 288 g/mol. The summed E-state index contributed by atoms with van der Waals surface area (Å²) in [7, 11) is 0. The fraction of sp³-hybridized carbons (Fsp3) is 0.684. The molecule has 0 aromatic heterocycles. The van der Waals surface area contributed by atoms with Crippen LogP contribution in [0.2, 0.25) is 0 Å². The van der Waals surface area contributed by atoms with Gasteiger partial charge in [0.15, 0.2) is 0 Å². The van der Waals surface area contributed by atoms with E-state index >= 15 is 0 Å². The van der Waals surface area contributed by atoms with Gasteiger partial charge in [0.05, 0.1) is 0 Å². The van der Waals surface area contributed by atoms with Crippen LogP contribution < -0.4 is 5.73 Å². The molecule has 2 nitrogen and oxygen atoms in total. The molecule has 1 saturated heterocycles. The van der Waals surface area contributed by atoms with Crippen molar-refractivity contribution in [2.45, 2.75) is 66.0 Å². The highest BCUT2D eigenvalue weighted by Crippen LogP contribution is 2.38. The SMILES string of the molecule is Cc1cc(C)c(C2C(CN)CCCCN2C(C)C)cc1C. The Balaban J connectivity index is 2.49. The number of benzene rings is 1. The predicted octanol–water partition coefficient (Wildman–Crippen LogP) is 4.12. The Morgan fingerprint density at radius 1 is 1.10 bits per heavy atom. The average molecular weight is 288 g/mol. The summed E-state index contributed by atoms with van der Waals surface area (Å²) in [4.78, 5) is 2.68. The lowest BCUT2D eigenvalue weighted by molar-refractivity contribution is 0.121. The first kappa shape index (κ1) is 16.5. The van der Waals surface area contributed by atoms with Crippen LogP contribution in [-0.2, 0) is 0 Å². The maximum Gasteiger partial charge on any atom is 0.0393 e. The lowest BCUT2D eigenvalue weighted by Gasteiger charge is -2.39. The van der Waals surface area contributed by atoms with Gasteiger partial charge < -0.3 is 5.73 Å². The summed E-state index contributed by atoms with van der Waals surface area (Å²) >= 11 is 0. The van der Waals surface area contributed by atoms with E-state index < -0.39 is 0 Å². The van der Waals surface area contributed by atoms with Crippen LogP contribution >= 0.6 is 0 Å². The van der Waals surface area contributed by atoms with E-state index in [0.29, 0.717) is 18.0 Å². The van der Waals surface area contributed by atoms with Crippen molar-refractivity contribution >= 4 is 0 Å². The maximum atomic E-state index is 6.15. The van der Waals surface area contributed by atoms with E-state index in [2.05, 4.69) is 51.7 Å². The van der Waals surface area contributed by atoms with Gasteiger partial charge in [0.2, 0.25) is 0 Å². The lowest BCUT2D eigenvalue weighted by atomic mass is 9.85. The normalized spacial score (nSPS) is 24.3. The minimum absolute atomic E-state index is 0.483. The van der Waals surface area contributed by atoms with Gasteiger partial charge >= 0.3 is 0 Å². The number of rotatable bonds is 3. The van der Waals surface area contributed by atoms with Crippen LogP contribution in [0.4, 0.5) is 0 Å². The standard InChI is InChI=1S/C19H32N2/c1-13(2)21-9-7-6-8-17(12-20)19(21)18-11-15(4)14(3)10-16(18)5/h10-11,13,17,19H,6-9,12,20H2,1-5H3. The Morgan fingerprint density at radius 3 is 2.38 bits per heavy atom. The molecule has 0 bridgehead atoms. The molecule has 0 amide bonds. The minimum atomic E-state index is 0.483. The van der Waals surface area contributed by atoms with Gasteiger partial charge in [0, 0.05) is 12.1 Å². The third kappa shape index (κ3) is 3.49. The van der Waals surface area contributed by atoms with Crippen molar-refractivity contribution in [2.75, 3.05) is 13.1 Å². The van der Waals surface area contributed by atoms with E-state index in [-0.39, 0.29) is 0 Å². The van der Waals surface area contributed by atoms with Gasteiger partial charge in [-0.2, -0.15) is 0 Å². The third-order valence-corrected chi connectivity index (χ3v) is 5.21. The molecule has 1 heterocycles. The van der Waals surface area contributed by atoms with Gasteiger partial charge in [0.1, 0.15) is 0 Å². The fourth-order valence-corrected chi connectivity index (χ4v) is 3.83. The van der Waals surface area contributed by atoms with Crippen LogP contribution in [0.3, 0.4) is 0 Å². The summed E-state index contributed by atoms with van der Waals surface area (Å²) in [6.07, 6.45) is 3.87. The van der Waals surface area contributed by atoms with Gasteiger partial charge in [-0.1, -0.05) is 18.6 Å². The number of nitrogens with two attached hydrogens (primary N) is 1. The molecule has 21 heavy (non-hydrogen) atoms. The molecule has 0 spiro atoms. The quantitative estimate of drug-likeness (QED) is 0.906. The van der Waals surface area contributed by atoms with Crippen LogP contribution in [0.25, 0.3) is 0 Å². The number of hydrogen-bond acceptors (Lipinski definition) is 2. The smallest absolute Gasteiger partial charge is 0.0393 e. The molecule has 1 aromatic carbocycles. The second-order valence-electron chi connectivity index (χ2n) is 7.06. The highest BCUT2D eigenvalue weighted by atomic mass is 15.2. The lowest BCUT2D eigenvalue weighted by Crippen LogP contribution is -2.40. The summed E-state index contributed by atoms with van der Waals surface area (Å²) in [5.74, 6) is 0.579.